The molecule has 0 spiro atoms. The van der Waals surface area contributed by atoms with Crippen LogP contribution in [0.15, 0.2) is 0 Å². The molecule has 0 aromatic rings. The number of nitrogens with zero attached hydrogens (tertiary/aromatic N) is 3. The molecule has 0 bridgehead atoms. The first-order valence-corrected chi connectivity index (χ1v) is 10.4. The Morgan fingerprint density at radius 3 is 2.60 bits per heavy atom. The Bertz CT molecular complexity index is 625. The molecule has 3 heterocycles. The summed E-state index contributed by atoms with van der Waals surface area (Å²) in [5, 5.41) is 9.26. The Morgan fingerprint density at radius 2 is 1.96 bits per heavy atom. The van der Waals surface area contributed by atoms with Crippen molar-refractivity contribution in [1.82, 2.24) is 14.7 Å². The Kier molecular flexibility index (Phi) is 5.21. The molecule has 3 unspecified atom stereocenters. The maximum absolute atomic E-state index is 12.7. The molecule has 3 atom stereocenters. The lowest BCUT2D eigenvalue weighted by Crippen LogP contribution is -2.68. The van der Waals surface area contributed by atoms with Crippen molar-refractivity contribution in [2.24, 2.45) is 0 Å². The normalized spacial score (nSPS) is 33.2. The maximum atomic E-state index is 12.7. The van der Waals surface area contributed by atoms with Gasteiger partial charge in [-0.15, -0.1) is 0 Å². The highest BCUT2D eigenvalue weighted by atomic mass is 32.2. The van der Waals surface area contributed by atoms with Crippen LogP contribution in [0.5, 0.6) is 0 Å². The van der Waals surface area contributed by atoms with Crippen molar-refractivity contribution in [3.05, 3.63) is 0 Å². The molecule has 2 amide bonds. The minimum Gasteiger partial charge on any atom is -0.465 e. The average molecular weight is 375 g/mol. The summed E-state index contributed by atoms with van der Waals surface area (Å²) >= 11 is 0. The molecule has 3 fully saturated rings. The predicted molar refractivity (Wildman–Crippen MR) is 89.1 cm³/mol. The van der Waals surface area contributed by atoms with E-state index in [0.717, 1.165) is 0 Å². The van der Waals surface area contributed by atoms with Crippen LogP contribution in [0.2, 0.25) is 0 Å². The number of hydrogen-bond acceptors (Lipinski definition) is 6. The SMILES string of the molecule is CC1C(=O)N2C(CCN3CCS(=O)(=O)CC3)COCC2CN1C(=O)O. The summed E-state index contributed by atoms with van der Waals surface area (Å²) in [6.07, 6.45) is -0.389. The van der Waals surface area contributed by atoms with Gasteiger partial charge in [-0.3, -0.25) is 9.69 Å². The molecule has 3 rings (SSSR count). The van der Waals surface area contributed by atoms with Gasteiger partial charge >= 0.3 is 6.09 Å². The van der Waals surface area contributed by atoms with Crippen LogP contribution in [-0.4, -0.2) is 109 Å². The summed E-state index contributed by atoms with van der Waals surface area (Å²) in [5.41, 5.74) is 0. The number of fused-ring (bicyclic) bond motifs is 1. The third-order valence-corrected chi connectivity index (χ3v) is 6.96. The number of rotatable bonds is 3. The van der Waals surface area contributed by atoms with Crippen LogP contribution in [0.4, 0.5) is 4.79 Å². The molecule has 0 aromatic heterocycles. The fraction of sp³-hybridized carbons (Fsp3) is 0.867. The van der Waals surface area contributed by atoms with E-state index in [1.165, 1.54) is 4.90 Å². The highest BCUT2D eigenvalue weighted by molar-refractivity contribution is 7.91. The number of carboxylic acid groups (broad SMARTS) is 1. The van der Waals surface area contributed by atoms with Gasteiger partial charge in [-0.2, -0.15) is 0 Å². The molecule has 0 aliphatic carbocycles. The lowest BCUT2D eigenvalue weighted by molar-refractivity contribution is -0.160. The van der Waals surface area contributed by atoms with Crippen LogP contribution in [0, 0.1) is 0 Å². The van der Waals surface area contributed by atoms with E-state index in [-0.39, 0.29) is 36.0 Å². The molecule has 25 heavy (non-hydrogen) atoms. The molecule has 10 heteroatoms. The van der Waals surface area contributed by atoms with E-state index in [2.05, 4.69) is 4.90 Å². The van der Waals surface area contributed by atoms with Gasteiger partial charge in [0, 0.05) is 26.2 Å². The first-order chi connectivity index (χ1) is 11.8. The van der Waals surface area contributed by atoms with E-state index in [1.807, 2.05) is 0 Å². The molecule has 0 radical (unpaired) electrons. The minimum atomic E-state index is -2.90. The molecular weight excluding hydrogens is 350 g/mol. The Labute approximate surface area is 147 Å². The second-order valence-corrected chi connectivity index (χ2v) is 9.29. The molecule has 3 saturated heterocycles. The largest absolute Gasteiger partial charge is 0.465 e. The fourth-order valence-corrected chi connectivity index (χ4v) is 5.08. The second-order valence-electron chi connectivity index (χ2n) is 6.98. The van der Waals surface area contributed by atoms with Crippen molar-refractivity contribution in [1.29, 1.82) is 0 Å². The van der Waals surface area contributed by atoms with Crippen LogP contribution in [-0.2, 0) is 19.4 Å². The Hall–Kier alpha value is -1.39. The van der Waals surface area contributed by atoms with Gasteiger partial charge in [-0.05, 0) is 13.3 Å². The van der Waals surface area contributed by atoms with Gasteiger partial charge in [0.25, 0.3) is 0 Å². The number of morpholine rings is 1. The number of ether oxygens (including phenoxy) is 1. The first kappa shape index (κ1) is 18.4. The number of sulfone groups is 1. The van der Waals surface area contributed by atoms with Crippen LogP contribution < -0.4 is 0 Å². The van der Waals surface area contributed by atoms with Crippen LogP contribution in [0.25, 0.3) is 0 Å². The standard InChI is InChI=1S/C15H25N3O6S/c1-11-14(19)18-12(2-3-16-4-6-25(22,23)7-5-16)9-24-10-13(18)8-17(11)15(20)21/h11-13H,2-10H2,1H3,(H,20,21). The van der Waals surface area contributed by atoms with Gasteiger partial charge in [0.15, 0.2) is 9.84 Å². The van der Waals surface area contributed by atoms with Gasteiger partial charge in [-0.1, -0.05) is 0 Å². The molecule has 142 valence electrons. The third kappa shape index (κ3) is 3.90. The van der Waals surface area contributed by atoms with E-state index in [9.17, 15) is 23.1 Å². The van der Waals surface area contributed by atoms with Crippen molar-refractivity contribution >= 4 is 21.8 Å². The topological polar surface area (TPSA) is 107 Å². The first-order valence-electron chi connectivity index (χ1n) is 8.61. The van der Waals surface area contributed by atoms with E-state index in [1.54, 1.807) is 11.8 Å². The highest BCUT2D eigenvalue weighted by Gasteiger charge is 2.45. The number of carbonyl (C=O) groups is 2. The van der Waals surface area contributed by atoms with E-state index < -0.39 is 22.0 Å². The molecular formula is C15H25N3O6S. The number of hydrogen-bond donors (Lipinski definition) is 1. The van der Waals surface area contributed by atoms with Crippen molar-refractivity contribution < 1.29 is 27.9 Å². The molecule has 0 saturated carbocycles. The summed E-state index contributed by atoms with van der Waals surface area (Å²) in [5.74, 6) is 0.196. The average Bonchev–Trinajstić information content (AvgIpc) is 2.56. The third-order valence-electron chi connectivity index (χ3n) is 5.36. The van der Waals surface area contributed by atoms with Gasteiger partial charge in [0.05, 0.1) is 36.8 Å². The quantitative estimate of drug-likeness (QED) is 0.680. The predicted octanol–water partition coefficient (Wildman–Crippen LogP) is -0.915. The zero-order chi connectivity index (χ0) is 18.2. The summed E-state index contributed by atoms with van der Waals surface area (Å²) < 4.78 is 28.6. The monoisotopic (exact) mass is 375 g/mol. The van der Waals surface area contributed by atoms with Gasteiger partial charge < -0.3 is 19.6 Å². The van der Waals surface area contributed by atoms with Crippen molar-refractivity contribution in [3.63, 3.8) is 0 Å². The van der Waals surface area contributed by atoms with Crippen molar-refractivity contribution in [3.8, 4) is 0 Å². The number of carbonyl (C=O) groups excluding carboxylic acids is 1. The van der Waals surface area contributed by atoms with Gasteiger partial charge in [0.1, 0.15) is 6.04 Å². The number of amides is 2. The highest BCUT2D eigenvalue weighted by Crippen LogP contribution is 2.25. The zero-order valence-electron chi connectivity index (χ0n) is 14.3. The van der Waals surface area contributed by atoms with E-state index >= 15 is 0 Å². The molecule has 0 aromatic carbocycles. The van der Waals surface area contributed by atoms with E-state index in [4.69, 9.17) is 4.74 Å². The molecule has 3 aliphatic heterocycles. The van der Waals surface area contributed by atoms with Gasteiger partial charge in [0.2, 0.25) is 5.91 Å². The molecule has 9 nitrogen and oxygen atoms in total. The van der Waals surface area contributed by atoms with Crippen LogP contribution in [0.3, 0.4) is 0 Å². The van der Waals surface area contributed by atoms with Crippen LogP contribution in [0.1, 0.15) is 13.3 Å². The van der Waals surface area contributed by atoms with Crippen molar-refractivity contribution in [2.45, 2.75) is 31.5 Å². The lowest BCUT2D eigenvalue weighted by atomic mass is 10.0. The summed E-state index contributed by atoms with van der Waals surface area (Å²) in [6, 6.07) is -1.03. The number of piperazine rings is 1. The fourth-order valence-electron chi connectivity index (χ4n) is 3.81. The zero-order valence-corrected chi connectivity index (χ0v) is 15.2. The Balaban J connectivity index is 1.61. The second kappa shape index (κ2) is 7.08. The summed E-state index contributed by atoms with van der Waals surface area (Å²) in [6.45, 7) is 4.42. The summed E-state index contributed by atoms with van der Waals surface area (Å²) in [4.78, 5) is 29.1. The summed E-state index contributed by atoms with van der Waals surface area (Å²) in [7, 11) is -2.90. The van der Waals surface area contributed by atoms with Crippen LogP contribution >= 0.6 is 0 Å². The molecule has 1 N–H and O–H groups in total. The molecule has 3 aliphatic rings. The lowest BCUT2D eigenvalue weighted by Gasteiger charge is -2.49. The van der Waals surface area contributed by atoms with Crippen molar-refractivity contribution in [2.75, 3.05) is 50.9 Å². The van der Waals surface area contributed by atoms with Gasteiger partial charge in [-0.25, -0.2) is 13.2 Å². The smallest absolute Gasteiger partial charge is 0.408 e. The maximum Gasteiger partial charge on any atom is 0.408 e. The minimum absolute atomic E-state index is 0.0943. The Morgan fingerprint density at radius 1 is 1.28 bits per heavy atom. The van der Waals surface area contributed by atoms with E-state index in [0.29, 0.717) is 39.3 Å².